The largest absolute Gasteiger partial charge is 0.375 e. The summed E-state index contributed by atoms with van der Waals surface area (Å²) in [6, 6.07) is 0. The molecule has 1 aliphatic heterocycles. The fourth-order valence-electron chi connectivity index (χ4n) is 2.33. The summed E-state index contributed by atoms with van der Waals surface area (Å²) in [4.78, 5) is 36.0. The standard InChI is InChI=1S/C17H27NO4/c1-12(2)16(21)13(3)8-11-22-17(4,5)9-10-18-14(19)6-7-15(18)20/h6-7,12-13H,8-11H2,1-5H3. The highest BCUT2D eigenvalue weighted by molar-refractivity contribution is 6.12. The van der Waals surface area contributed by atoms with E-state index in [0.717, 1.165) is 0 Å². The van der Waals surface area contributed by atoms with Gasteiger partial charge in [-0.05, 0) is 26.7 Å². The van der Waals surface area contributed by atoms with Crippen LogP contribution in [0.1, 0.15) is 47.5 Å². The van der Waals surface area contributed by atoms with E-state index in [1.807, 2.05) is 34.6 Å². The Kier molecular flexibility index (Phi) is 6.48. The number of Topliss-reactive ketones (excluding diaryl/α,β-unsaturated/α-hetero) is 1. The minimum atomic E-state index is -0.441. The number of ether oxygens (including phenoxy) is 1. The number of rotatable bonds is 9. The van der Waals surface area contributed by atoms with E-state index < -0.39 is 5.60 Å². The number of nitrogens with zero attached hydrogens (tertiary/aromatic N) is 1. The molecule has 1 unspecified atom stereocenters. The Balaban J connectivity index is 2.33. The first-order valence-corrected chi connectivity index (χ1v) is 7.85. The second kappa shape index (κ2) is 7.68. The van der Waals surface area contributed by atoms with Crippen molar-refractivity contribution >= 4 is 17.6 Å². The Morgan fingerprint density at radius 2 is 1.73 bits per heavy atom. The van der Waals surface area contributed by atoms with Gasteiger partial charge >= 0.3 is 0 Å². The number of carbonyl (C=O) groups excluding carboxylic acids is 3. The van der Waals surface area contributed by atoms with Gasteiger partial charge in [-0.1, -0.05) is 20.8 Å². The third-order valence-electron chi connectivity index (χ3n) is 3.94. The zero-order valence-corrected chi connectivity index (χ0v) is 14.2. The summed E-state index contributed by atoms with van der Waals surface area (Å²) in [6.45, 7) is 10.4. The monoisotopic (exact) mass is 309 g/mol. The molecule has 5 nitrogen and oxygen atoms in total. The zero-order chi connectivity index (χ0) is 16.9. The van der Waals surface area contributed by atoms with Crippen LogP contribution < -0.4 is 0 Å². The highest BCUT2D eigenvalue weighted by Crippen LogP contribution is 2.19. The molecule has 0 spiro atoms. The fraction of sp³-hybridized carbons (Fsp3) is 0.706. The Bertz CT molecular complexity index is 447. The molecule has 22 heavy (non-hydrogen) atoms. The van der Waals surface area contributed by atoms with Crippen molar-refractivity contribution in [3.63, 3.8) is 0 Å². The van der Waals surface area contributed by atoms with Gasteiger partial charge in [0, 0.05) is 37.1 Å². The zero-order valence-electron chi connectivity index (χ0n) is 14.2. The van der Waals surface area contributed by atoms with Crippen molar-refractivity contribution in [2.24, 2.45) is 11.8 Å². The molecule has 0 aromatic carbocycles. The molecular formula is C17H27NO4. The van der Waals surface area contributed by atoms with Crippen LogP contribution in [0.4, 0.5) is 0 Å². The second-order valence-corrected chi connectivity index (χ2v) is 6.77. The lowest BCUT2D eigenvalue weighted by molar-refractivity contribution is -0.138. The molecule has 0 saturated carbocycles. The molecule has 0 saturated heterocycles. The summed E-state index contributed by atoms with van der Waals surface area (Å²) in [5, 5.41) is 0. The van der Waals surface area contributed by atoms with Crippen LogP contribution in [0, 0.1) is 11.8 Å². The van der Waals surface area contributed by atoms with Gasteiger partial charge < -0.3 is 4.74 Å². The fourth-order valence-corrected chi connectivity index (χ4v) is 2.33. The normalized spacial score (nSPS) is 16.7. The van der Waals surface area contributed by atoms with Crippen molar-refractivity contribution in [1.29, 1.82) is 0 Å². The molecule has 0 aromatic heterocycles. The van der Waals surface area contributed by atoms with Crippen LogP contribution in [0.2, 0.25) is 0 Å². The van der Waals surface area contributed by atoms with Crippen molar-refractivity contribution in [3.05, 3.63) is 12.2 Å². The van der Waals surface area contributed by atoms with Gasteiger partial charge in [-0.25, -0.2) is 0 Å². The van der Waals surface area contributed by atoms with E-state index in [2.05, 4.69) is 0 Å². The number of ketones is 1. The molecule has 1 atom stereocenters. The topological polar surface area (TPSA) is 63.7 Å². The Labute approximate surface area is 132 Å². The maximum Gasteiger partial charge on any atom is 0.253 e. The predicted molar refractivity (Wildman–Crippen MR) is 84.1 cm³/mol. The molecule has 0 fully saturated rings. The van der Waals surface area contributed by atoms with Gasteiger partial charge in [0.15, 0.2) is 0 Å². The van der Waals surface area contributed by atoms with Crippen LogP contribution >= 0.6 is 0 Å². The van der Waals surface area contributed by atoms with E-state index in [0.29, 0.717) is 26.0 Å². The summed E-state index contributed by atoms with van der Waals surface area (Å²) < 4.78 is 5.84. The summed E-state index contributed by atoms with van der Waals surface area (Å²) in [5.74, 6) is -0.251. The van der Waals surface area contributed by atoms with Crippen LogP contribution in [0.3, 0.4) is 0 Å². The van der Waals surface area contributed by atoms with E-state index >= 15 is 0 Å². The molecule has 5 heteroatoms. The van der Waals surface area contributed by atoms with Crippen LogP contribution in [0.5, 0.6) is 0 Å². The number of amides is 2. The highest BCUT2D eigenvalue weighted by Gasteiger charge is 2.27. The summed E-state index contributed by atoms with van der Waals surface area (Å²) in [5.41, 5.74) is -0.441. The van der Waals surface area contributed by atoms with Gasteiger partial charge in [-0.2, -0.15) is 0 Å². The lowest BCUT2D eigenvalue weighted by atomic mass is 9.94. The van der Waals surface area contributed by atoms with Crippen molar-refractivity contribution in [2.45, 2.75) is 53.1 Å². The molecule has 0 aliphatic carbocycles. The third-order valence-corrected chi connectivity index (χ3v) is 3.94. The van der Waals surface area contributed by atoms with E-state index in [4.69, 9.17) is 4.74 Å². The van der Waals surface area contributed by atoms with Gasteiger partial charge in [0.1, 0.15) is 5.78 Å². The minimum Gasteiger partial charge on any atom is -0.375 e. The average Bonchev–Trinajstić information content (AvgIpc) is 2.74. The van der Waals surface area contributed by atoms with E-state index in [1.165, 1.54) is 17.1 Å². The van der Waals surface area contributed by atoms with Gasteiger partial charge in [0.25, 0.3) is 11.8 Å². The maximum atomic E-state index is 11.8. The molecule has 1 heterocycles. The first-order chi connectivity index (χ1) is 10.1. The molecule has 1 aliphatic rings. The Morgan fingerprint density at radius 1 is 1.18 bits per heavy atom. The van der Waals surface area contributed by atoms with Crippen LogP contribution in [-0.2, 0) is 19.1 Å². The van der Waals surface area contributed by atoms with Crippen LogP contribution in [0.15, 0.2) is 12.2 Å². The highest BCUT2D eigenvalue weighted by atomic mass is 16.5. The van der Waals surface area contributed by atoms with Crippen molar-refractivity contribution in [2.75, 3.05) is 13.2 Å². The number of hydrogen-bond donors (Lipinski definition) is 0. The summed E-state index contributed by atoms with van der Waals surface area (Å²) in [7, 11) is 0. The molecule has 2 amide bonds. The summed E-state index contributed by atoms with van der Waals surface area (Å²) in [6.07, 6.45) is 3.83. The molecule has 0 aromatic rings. The molecule has 124 valence electrons. The van der Waals surface area contributed by atoms with E-state index in [-0.39, 0.29) is 29.4 Å². The van der Waals surface area contributed by atoms with Crippen LogP contribution in [0.25, 0.3) is 0 Å². The smallest absolute Gasteiger partial charge is 0.253 e. The Hall–Kier alpha value is -1.49. The van der Waals surface area contributed by atoms with Crippen molar-refractivity contribution < 1.29 is 19.1 Å². The first-order valence-electron chi connectivity index (χ1n) is 7.85. The maximum absolute atomic E-state index is 11.8. The SMILES string of the molecule is CC(C)C(=O)C(C)CCOC(C)(C)CCN1C(=O)C=CC1=O. The summed E-state index contributed by atoms with van der Waals surface area (Å²) >= 11 is 0. The molecule has 0 radical (unpaired) electrons. The molecular weight excluding hydrogens is 282 g/mol. The van der Waals surface area contributed by atoms with Gasteiger partial charge in [0.2, 0.25) is 0 Å². The first kappa shape index (κ1) is 18.6. The van der Waals surface area contributed by atoms with Gasteiger partial charge in [0.05, 0.1) is 5.60 Å². The predicted octanol–water partition coefficient (Wildman–Crippen LogP) is 2.35. The lowest BCUT2D eigenvalue weighted by Gasteiger charge is -2.28. The van der Waals surface area contributed by atoms with Gasteiger partial charge in [-0.15, -0.1) is 0 Å². The Morgan fingerprint density at radius 3 is 2.23 bits per heavy atom. The number of carbonyl (C=O) groups is 3. The van der Waals surface area contributed by atoms with Crippen molar-refractivity contribution in [1.82, 2.24) is 4.90 Å². The quantitative estimate of drug-likeness (QED) is 0.613. The third kappa shape index (κ3) is 5.37. The van der Waals surface area contributed by atoms with Crippen molar-refractivity contribution in [3.8, 4) is 0 Å². The minimum absolute atomic E-state index is 0.0123. The molecule has 1 rings (SSSR count). The lowest BCUT2D eigenvalue weighted by Crippen LogP contribution is -2.36. The number of hydrogen-bond acceptors (Lipinski definition) is 4. The van der Waals surface area contributed by atoms with E-state index in [1.54, 1.807) is 0 Å². The average molecular weight is 309 g/mol. The van der Waals surface area contributed by atoms with Gasteiger partial charge in [-0.3, -0.25) is 19.3 Å². The number of imide groups is 1. The van der Waals surface area contributed by atoms with E-state index in [9.17, 15) is 14.4 Å². The van der Waals surface area contributed by atoms with Crippen LogP contribution in [-0.4, -0.2) is 41.3 Å². The molecule has 0 N–H and O–H groups in total. The second-order valence-electron chi connectivity index (χ2n) is 6.77. The molecule has 0 bridgehead atoms.